The molecule has 110 valence electrons. The Hall–Kier alpha value is -2.44. The molecule has 1 atom stereocenters. The van der Waals surface area contributed by atoms with Crippen LogP contribution in [0.4, 0.5) is 11.8 Å². The highest BCUT2D eigenvalue weighted by atomic mass is 16.1. The molecule has 7 nitrogen and oxygen atoms in total. The largest absolute Gasteiger partial charge is 0.339 e. The topological polar surface area (TPSA) is 75.9 Å². The zero-order chi connectivity index (χ0) is 14.8. The highest BCUT2D eigenvalue weighted by Gasteiger charge is 2.26. The summed E-state index contributed by atoms with van der Waals surface area (Å²) in [7, 11) is 0. The number of nitrogens with one attached hydrogen (secondary N) is 1. The lowest BCUT2D eigenvalue weighted by Crippen LogP contribution is -2.23. The number of aryl methyl sites for hydroxylation is 1. The van der Waals surface area contributed by atoms with Crippen LogP contribution in [0.25, 0.3) is 0 Å². The maximum absolute atomic E-state index is 11.0. The number of rotatable bonds is 3. The zero-order valence-corrected chi connectivity index (χ0v) is 12.2. The van der Waals surface area contributed by atoms with Gasteiger partial charge in [0.15, 0.2) is 5.82 Å². The maximum atomic E-state index is 11.0. The molecule has 21 heavy (non-hydrogen) atoms. The van der Waals surface area contributed by atoms with Crippen LogP contribution in [-0.4, -0.2) is 38.7 Å². The van der Waals surface area contributed by atoms with Crippen LogP contribution in [-0.2, 0) is 4.79 Å². The molecular formula is C14H18N6O. The van der Waals surface area contributed by atoms with E-state index in [1.165, 1.54) is 6.92 Å². The highest BCUT2D eigenvalue weighted by Crippen LogP contribution is 2.24. The van der Waals surface area contributed by atoms with E-state index in [1.807, 2.05) is 29.9 Å². The minimum absolute atomic E-state index is 0.110. The van der Waals surface area contributed by atoms with Gasteiger partial charge in [0.25, 0.3) is 0 Å². The Morgan fingerprint density at radius 3 is 3.05 bits per heavy atom. The third kappa shape index (κ3) is 3.01. The molecule has 1 fully saturated rings. The Labute approximate surface area is 123 Å². The molecule has 0 bridgehead atoms. The van der Waals surface area contributed by atoms with Crippen molar-refractivity contribution >= 4 is 17.7 Å². The molecule has 7 heteroatoms. The molecule has 2 aromatic heterocycles. The summed E-state index contributed by atoms with van der Waals surface area (Å²) in [4.78, 5) is 22.0. The summed E-state index contributed by atoms with van der Waals surface area (Å²) < 4.78 is 1.90. The number of hydrogen-bond acceptors (Lipinski definition) is 5. The van der Waals surface area contributed by atoms with Gasteiger partial charge in [-0.1, -0.05) is 0 Å². The van der Waals surface area contributed by atoms with E-state index < -0.39 is 0 Å². The summed E-state index contributed by atoms with van der Waals surface area (Å²) in [6, 6.07) is 3.98. The molecule has 0 spiro atoms. The first-order valence-corrected chi connectivity index (χ1v) is 6.99. The molecule has 0 unspecified atom stereocenters. The van der Waals surface area contributed by atoms with Crippen LogP contribution < -0.4 is 10.2 Å². The molecule has 1 N–H and O–H groups in total. The van der Waals surface area contributed by atoms with Crippen molar-refractivity contribution in [3.05, 3.63) is 30.2 Å². The van der Waals surface area contributed by atoms with Gasteiger partial charge in [-0.05, 0) is 19.4 Å². The van der Waals surface area contributed by atoms with Crippen LogP contribution >= 0.6 is 0 Å². The fraction of sp³-hybridized carbons (Fsp3) is 0.429. The molecule has 3 heterocycles. The Bertz CT molecular complexity index is 652. The van der Waals surface area contributed by atoms with Crippen molar-refractivity contribution in [3.8, 4) is 0 Å². The number of aromatic nitrogens is 4. The number of hydrogen-bond donors (Lipinski definition) is 1. The SMILES string of the molecule is CC(=O)Nc1ccn([C@@H]2CCN(c3nccc(C)n3)C2)n1. The Balaban J connectivity index is 1.69. The molecular weight excluding hydrogens is 268 g/mol. The molecule has 1 aliphatic rings. The van der Waals surface area contributed by atoms with Crippen molar-refractivity contribution in [2.24, 2.45) is 0 Å². The van der Waals surface area contributed by atoms with E-state index >= 15 is 0 Å². The molecule has 1 saturated heterocycles. The quantitative estimate of drug-likeness (QED) is 0.922. The summed E-state index contributed by atoms with van der Waals surface area (Å²) in [6.07, 6.45) is 4.67. The van der Waals surface area contributed by atoms with Gasteiger partial charge in [0.05, 0.1) is 6.04 Å². The Morgan fingerprint density at radius 2 is 2.29 bits per heavy atom. The Kier molecular flexibility index (Phi) is 3.55. The Morgan fingerprint density at radius 1 is 1.43 bits per heavy atom. The van der Waals surface area contributed by atoms with E-state index in [0.717, 1.165) is 31.2 Å². The fourth-order valence-corrected chi connectivity index (χ4v) is 2.52. The van der Waals surface area contributed by atoms with Crippen LogP contribution in [0.1, 0.15) is 25.1 Å². The molecule has 0 aliphatic carbocycles. The van der Waals surface area contributed by atoms with Crippen molar-refractivity contribution in [2.75, 3.05) is 23.3 Å². The third-order valence-corrected chi connectivity index (χ3v) is 3.51. The second kappa shape index (κ2) is 5.51. The standard InChI is InChI=1S/C14H18N6O/c1-10-3-6-15-14(16-10)19-7-4-12(9-19)20-8-5-13(18-20)17-11(2)21/h3,5-6,8,12H,4,7,9H2,1-2H3,(H,17,18,21)/t12-/m1/s1. The van der Waals surface area contributed by atoms with Crippen molar-refractivity contribution < 1.29 is 4.79 Å². The van der Waals surface area contributed by atoms with Crippen molar-refractivity contribution in [1.82, 2.24) is 19.7 Å². The lowest BCUT2D eigenvalue weighted by Gasteiger charge is -2.16. The maximum Gasteiger partial charge on any atom is 0.225 e. The van der Waals surface area contributed by atoms with Crippen molar-refractivity contribution in [3.63, 3.8) is 0 Å². The molecule has 2 aromatic rings. The summed E-state index contributed by atoms with van der Waals surface area (Å²) in [5.74, 6) is 1.25. The lowest BCUT2D eigenvalue weighted by molar-refractivity contribution is -0.114. The second-order valence-electron chi connectivity index (χ2n) is 5.25. The number of amides is 1. The van der Waals surface area contributed by atoms with E-state index in [4.69, 9.17) is 0 Å². The molecule has 1 amide bonds. The van der Waals surface area contributed by atoms with Crippen molar-refractivity contribution in [1.29, 1.82) is 0 Å². The van der Waals surface area contributed by atoms with Gasteiger partial charge in [-0.3, -0.25) is 9.48 Å². The predicted octanol–water partition coefficient (Wildman–Crippen LogP) is 1.39. The highest BCUT2D eigenvalue weighted by molar-refractivity contribution is 5.87. The van der Waals surface area contributed by atoms with E-state index in [9.17, 15) is 4.79 Å². The summed E-state index contributed by atoms with van der Waals surface area (Å²) >= 11 is 0. The van der Waals surface area contributed by atoms with E-state index in [2.05, 4.69) is 25.3 Å². The minimum Gasteiger partial charge on any atom is -0.339 e. The summed E-state index contributed by atoms with van der Waals surface area (Å²) in [5.41, 5.74) is 0.968. The minimum atomic E-state index is -0.110. The van der Waals surface area contributed by atoms with Crippen LogP contribution in [0.15, 0.2) is 24.5 Å². The number of anilines is 2. The van der Waals surface area contributed by atoms with Gasteiger partial charge in [-0.25, -0.2) is 9.97 Å². The van der Waals surface area contributed by atoms with Gasteiger partial charge < -0.3 is 10.2 Å². The third-order valence-electron chi connectivity index (χ3n) is 3.51. The van der Waals surface area contributed by atoms with Crippen molar-refractivity contribution in [2.45, 2.75) is 26.3 Å². The average Bonchev–Trinajstić information content (AvgIpc) is 3.06. The molecule has 3 rings (SSSR count). The van der Waals surface area contributed by atoms with E-state index in [1.54, 1.807) is 6.20 Å². The number of nitrogens with zero attached hydrogens (tertiary/aromatic N) is 5. The zero-order valence-electron chi connectivity index (χ0n) is 12.2. The normalized spacial score (nSPS) is 18.0. The average molecular weight is 286 g/mol. The van der Waals surface area contributed by atoms with Crippen LogP contribution in [0, 0.1) is 6.92 Å². The molecule has 1 aliphatic heterocycles. The van der Waals surface area contributed by atoms with Gasteiger partial charge in [0, 0.05) is 44.2 Å². The van der Waals surface area contributed by atoms with E-state index in [0.29, 0.717) is 5.82 Å². The first-order chi connectivity index (χ1) is 10.1. The van der Waals surface area contributed by atoms with Gasteiger partial charge in [0.1, 0.15) is 0 Å². The number of carbonyl (C=O) groups excluding carboxylic acids is 1. The summed E-state index contributed by atoms with van der Waals surface area (Å²) in [5, 5.41) is 7.09. The van der Waals surface area contributed by atoms with Gasteiger partial charge >= 0.3 is 0 Å². The van der Waals surface area contributed by atoms with Gasteiger partial charge in [-0.2, -0.15) is 5.10 Å². The smallest absolute Gasteiger partial charge is 0.225 e. The van der Waals surface area contributed by atoms with Gasteiger partial charge in [0.2, 0.25) is 11.9 Å². The first kappa shape index (κ1) is 13.5. The molecule has 0 radical (unpaired) electrons. The van der Waals surface area contributed by atoms with E-state index in [-0.39, 0.29) is 11.9 Å². The second-order valence-corrected chi connectivity index (χ2v) is 5.25. The molecule has 0 aromatic carbocycles. The van der Waals surface area contributed by atoms with Crippen LogP contribution in [0.3, 0.4) is 0 Å². The van der Waals surface area contributed by atoms with Crippen LogP contribution in [0.5, 0.6) is 0 Å². The predicted molar refractivity (Wildman–Crippen MR) is 79.2 cm³/mol. The fourth-order valence-electron chi connectivity index (χ4n) is 2.52. The molecule has 0 saturated carbocycles. The summed E-state index contributed by atoms with van der Waals surface area (Å²) in [6.45, 7) is 5.17. The lowest BCUT2D eigenvalue weighted by atomic mass is 10.3. The van der Waals surface area contributed by atoms with Gasteiger partial charge in [-0.15, -0.1) is 0 Å². The number of carbonyl (C=O) groups is 1. The monoisotopic (exact) mass is 286 g/mol. The first-order valence-electron chi connectivity index (χ1n) is 6.99. The van der Waals surface area contributed by atoms with Crippen LogP contribution in [0.2, 0.25) is 0 Å².